The first-order valence-electron chi connectivity index (χ1n) is 8.00. The molecule has 0 saturated carbocycles. The number of benzene rings is 2. The largest absolute Gasteiger partial charge is 0.495 e. The van der Waals surface area contributed by atoms with E-state index in [9.17, 15) is 9.59 Å². The Hall–Kier alpha value is -2.34. The molecule has 0 spiro atoms. The molecule has 0 unspecified atom stereocenters. The summed E-state index contributed by atoms with van der Waals surface area (Å²) in [5.74, 6) is 0.0194. The first kappa shape index (κ1) is 17.5. The summed E-state index contributed by atoms with van der Waals surface area (Å²) in [4.78, 5) is 26.6. The molecule has 1 aliphatic rings. The van der Waals surface area contributed by atoms with Gasteiger partial charge in [-0.3, -0.25) is 9.59 Å². The number of carbonyl (C=O) groups is 2. The van der Waals surface area contributed by atoms with Crippen LogP contribution in [-0.4, -0.2) is 25.5 Å². The summed E-state index contributed by atoms with van der Waals surface area (Å²) in [7, 11) is 1.57. The van der Waals surface area contributed by atoms with Crippen LogP contribution in [0, 0.1) is 12.8 Å². The molecule has 0 aromatic heterocycles. The molecular weight excluding hydrogens is 384 g/mol. The predicted octanol–water partition coefficient (Wildman–Crippen LogP) is 3.76. The Morgan fingerprint density at radius 2 is 2.04 bits per heavy atom. The lowest BCUT2D eigenvalue weighted by molar-refractivity contribution is -0.122. The van der Waals surface area contributed by atoms with Gasteiger partial charge in [0.25, 0.3) is 0 Å². The Balaban J connectivity index is 1.73. The summed E-state index contributed by atoms with van der Waals surface area (Å²) in [6.07, 6.45) is 0.194. The maximum absolute atomic E-state index is 12.6. The third-order valence-corrected chi connectivity index (χ3v) is 5.19. The van der Waals surface area contributed by atoms with Crippen molar-refractivity contribution >= 4 is 39.1 Å². The van der Waals surface area contributed by atoms with Gasteiger partial charge in [-0.2, -0.15) is 0 Å². The van der Waals surface area contributed by atoms with Crippen LogP contribution in [0.3, 0.4) is 0 Å². The average molecular weight is 403 g/mol. The highest BCUT2D eigenvalue weighted by atomic mass is 79.9. The molecule has 3 rings (SSSR count). The van der Waals surface area contributed by atoms with Crippen molar-refractivity contribution in [2.75, 3.05) is 23.9 Å². The maximum Gasteiger partial charge on any atom is 0.229 e. The maximum atomic E-state index is 12.6. The minimum Gasteiger partial charge on any atom is -0.495 e. The number of halogens is 1. The Bertz CT molecular complexity index is 822. The molecule has 1 saturated heterocycles. The molecule has 2 aromatic rings. The molecule has 0 radical (unpaired) electrons. The molecule has 5 nitrogen and oxygen atoms in total. The van der Waals surface area contributed by atoms with E-state index in [2.05, 4.69) is 21.2 Å². The SMILES string of the molecule is COc1ccccc1N1C[C@@H](C(=O)Nc2ccc(Br)c(C)c2)CC1=O. The third-order valence-electron chi connectivity index (χ3n) is 4.30. The van der Waals surface area contributed by atoms with E-state index in [0.29, 0.717) is 18.0 Å². The summed E-state index contributed by atoms with van der Waals surface area (Å²) in [5, 5.41) is 2.90. The highest BCUT2D eigenvalue weighted by molar-refractivity contribution is 9.10. The van der Waals surface area contributed by atoms with Crippen LogP contribution in [0.25, 0.3) is 0 Å². The average Bonchev–Trinajstić information content (AvgIpc) is 3.00. The summed E-state index contributed by atoms with van der Waals surface area (Å²) < 4.78 is 6.31. The number of rotatable bonds is 4. The standard InChI is InChI=1S/C19H19BrN2O3/c1-12-9-14(7-8-15(12)20)21-19(24)13-10-18(23)22(11-13)16-5-3-4-6-17(16)25-2/h3-9,13H,10-11H2,1-2H3,(H,21,24)/t13-/m0/s1. The molecule has 1 atom stereocenters. The highest BCUT2D eigenvalue weighted by Crippen LogP contribution is 2.33. The first-order valence-corrected chi connectivity index (χ1v) is 8.79. The van der Waals surface area contributed by atoms with E-state index in [-0.39, 0.29) is 24.2 Å². The van der Waals surface area contributed by atoms with E-state index in [1.165, 1.54) is 0 Å². The molecule has 25 heavy (non-hydrogen) atoms. The number of nitrogens with zero attached hydrogens (tertiary/aromatic N) is 1. The number of anilines is 2. The molecule has 6 heteroatoms. The molecule has 2 aromatic carbocycles. The number of hydrogen-bond donors (Lipinski definition) is 1. The van der Waals surface area contributed by atoms with Crippen molar-refractivity contribution in [2.24, 2.45) is 5.92 Å². The van der Waals surface area contributed by atoms with Gasteiger partial charge in [-0.25, -0.2) is 0 Å². The molecule has 1 heterocycles. The molecule has 0 aliphatic carbocycles. The zero-order valence-electron chi connectivity index (χ0n) is 14.1. The Kier molecular flexibility index (Phi) is 5.08. The van der Waals surface area contributed by atoms with Crippen LogP contribution in [0.15, 0.2) is 46.9 Å². The first-order chi connectivity index (χ1) is 12.0. The lowest BCUT2D eigenvalue weighted by Crippen LogP contribution is -2.28. The quantitative estimate of drug-likeness (QED) is 0.846. The Labute approximate surface area is 155 Å². The van der Waals surface area contributed by atoms with Gasteiger partial charge in [0, 0.05) is 23.1 Å². The van der Waals surface area contributed by atoms with Crippen molar-refractivity contribution in [1.29, 1.82) is 0 Å². The fraction of sp³-hybridized carbons (Fsp3) is 0.263. The fourth-order valence-corrected chi connectivity index (χ4v) is 3.18. The van der Waals surface area contributed by atoms with Gasteiger partial charge in [-0.1, -0.05) is 28.1 Å². The lowest BCUT2D eigenvalue weighted by atomic mass is 10.1. The van der Waals surface area contributed by atoms with E-state index in [0.717, 1.165) is 15.7 Å². The smallest absolute Gasteiger partial charge is 0.229 e. The summed E-state index contributed by atoms with van der Waals surface area (Å²) >= 11 is 3.44. The Morgan fingerprint density at radius 1 is 1.28 bits per heavy atom. The van der Waals surface area contributed by atoms with Crippen LogP contribution in [0.5, 0.6) is 5.75 Å². The second kappa shape index (κ2) is 7.27. The molecule has 2 amide bonds. The zero-order chi connectivity index (χ0) is 18.0. The van der Waals surface area contributed by atoms with Crippen molar-refractivity contribution in [1.82, 2.24) is 0 Å². The monoisotopic (exact) mass is 402 g/mol. The Morgan fingerprint density at radius 3 is 2.76 bits per heavy atom. The predicted molar refractivity (Wildman–Crippen MR) is 101 cm³/mol. The van der Waals surface area contributed by atoms with E-state index in [4.69, 9.17) is 4.74 Å². The van der Waals surface area contributed by atoms with Crippen molar-refractivity contribution in [3.8, 4) is 5.75 Å². The van der Waals surface area contributed by atoms with Gasteiger partial charge < -0.3 is 15.0 Å². The third kappa shape index (κ3) is 3.69. The number of aryl methyl sites for hydroxylation is 1. The summed E-state index contributed by atoms with van der Waals surface area (Å²) in [6, 6.07) is 13.0. The van der Waals surface area contributed by atoms with Gasteiger partial charge in [0.05, 0.1) is 18.7 Å². The number of nitrogens with one attached hydrogen (secondary N) is 1. The number of methoxy groups -OCH3 is 1. The number of hydrogen-bond acceptors (Lipinski definition) is 3. The van der Waals surface area contributed by atoms with Gasteiger partial charge in [0.2, 0.25) is 11.8 Å². The van der Waals surface area contributed by atoms with Gasteiger partial charge in [-0.05, 0) is 42.8 Å². The lowest BCUT2D eigenvalue weighted by Gasteiger charge is -2.19. The molecule has 1 aliphatic heterocycles. The van der Waals surface area contributed by atoms with Crippen molar-refractivity contribution in [3.05, 3.63) is 52.5 Å². The molecular formula is C19H19BrN2O3. The summed E-state index contributed by atoms with van der Waals surface area (Å²) in [6.45, 7) is 2.31. The fourth-order valence-electron chi connectivity index (χ4n) is 2.94. The molecule has 1 N–H and O–H groups in total. The van der Waals surface area contributed by atoms with E-state index in [1.807, 2.05) is 43.3 Å². The normalized spacial score (nSPS) is 16.8. The van der Waals surface area contributed by atoms with Crippen molar-refractivity contribution in [2.45, 2.75) is 13.3 Å². The van der Waals surface area contributed by atoms with Crippen molar-refractivity contribution < 1.29 is 14.3 Å². The van der Waals surface area contributed by atoms with Gasteiger partial charge >= 0.3 is 0 Å². The second-order valence-corrected chi connectivity index (χ2v) is 6.88. The number of ether oxygens (including phenoxy) is 1. The number of carbonyl (C=O) groups excluding carboxylic acids is 2. The second-order valence-electron chi connectivity index (χ2n) is 6.03. The molecule has 130 valence electrons. The summed E-state index contributed by atoms with van der Waals surface area (Å²) in [5.41, 5.74) is 2.47. The van der Waals surface area contributed by atoms with Crippen LogP contribution < -0.4 is 15.0 Å². The topological polar surface area (TPSA) is 58.6 Å². The van der Waals surface area contributed by atoms with E-state index >= 15 is 0 Å². The van der Waals surface area contributed by atoms with Crippen LogP contribution >= 0.6 is 15.9 Å². The van der Waals surface area contributed by atoms with Gasteiger partial charge in [0.15, 0.2) is 0 Å². The molecule has 1 fully saturated rings. The van der Waals surface area contributed by atoms with E-state index < -0.39 is 0 Å². The van der Waals surface area contributed by atoms with Gasteiger partial charge in [0.1, 0.15) is 5.75 Å². The van der Waals surface area contributed by atoms with Crippen LogP contribution in [0.4, 0.5) is 11.4 Å². The highest BCUT2D eigenvalue weighted by Gasteiger charge is 2.36. The van der Waals surface area contributed by atoms with Crippen LogP contribution in [0.2, 0.25) is 0 Å². The van der Waals surface area contributed by atoms with E-state index in [1.54, 1.807) is 18.1 Å². The zero-order valence-corrected chi connectivity index (χ0v) is 15.7. The molecule has 0 bridgehead atoms. The minimum absolute atomic E-state index is 0.0726. The van der Waals surface area contributed by atoms with Crippen molar-refractivity contribution in [3.63, 3.8) is 0 Å². The van der Waals surface area contributed by atoms with Gasteiger partial charge in [-0.15, -0.1) is 0 Å². The number of amides is 2. The van der Waals surface area contributed by atoms with Crippen LogP contribution in [-0.2, 0) is 9.59 Å². The minimum atomic E-state index is -0.388. The van der Waals surface area contributed by atoms with Crippen LogP contribution in [0.1, 0.15) is 12.0 Å². The number of para-hydroxylation sites is 2.